The highest BCUT2D eigenvalue weighted by Gasteiger charge is 2.15. The van der Waals surface area contributed by atoms with Crippen molar-refractivity contribution in [2.45, 2.75) is 27.3 Å². The van der Waals surface area contributed by atoms with Crippen LogP contribution in [0.2, 0.25) is 0 Å². The number of benzene rings is 2. The molecule has 0 N–H and O–H groups in total. The highest BCUT2D eigenvalue weighted by atomic mass is 32.1. The van der Waals surface area contributed by atoms with Crippen molar-refractivity contribution >= 4 is 21.6 Å². The Labute approximate surface area is 179 Å². The monoisotopic (exact) mass is 420 g/mol. The van der Waals surface area contributed by atoms with Crippen molar-refractivity contribution in [3.8, 4) is 22.6 Å². The van der Waals surface area contributed by atoms with E-state index in [-0.39, 0.29) is 5.56 Å². The molecule has 30 heavy (non-hydrogen) atoms. The Hall–Kier alpha value is -3.12. The normalized spacial score (nSPS) is 11.1. The van der Waals surface area contributed by atoms with Gasteiger partial charge in [-0.3, -0.25) is 9.36 Å². The van der Waals surface area contributed by atoms with Gasteiger partial charge < -0.3 is 9.47 Å². The maximum Gasteiger partial charge on any atom is 0.263 e. The van der Waals surface area contributed by atoms with Crippen LogP contribution >= 0.6 is 11.3 Å². The summed E-state index contributed by atoms with van der Waals surface area (Å²) in [5.74, 6) is 1.32. The van der Waals surface area contributed by atoms with Crippen LogP contribution in [0.3, 0.4) is 0 Å². The molecule has 0 aliphatic rings. The third-order valence-electron chi connectivity index (χ3n) is 5.56. The van der Waals surface area contributed by atoms with Gasteiger partial charge in [0, 0.05) is 10.9 Å². The summed E-state index contributed by atoms with van der Waals surface area (Å²) < 4.78 is 12.5. The quantitative estimate of drug-likeness (QED) is 0.450. The largest absolute Gasteiger partial charge is 0.493 e. The van der Waals surface area contributed by atoms with Crippen molar-refractivity contribution in [3.05, 3.63) is 74.6 Å². The van der Waals surface area contributed by atoms with E-state index in [1.54, 1.807) is 25.1 Å². The molecule has 2 aromatic heterocycles. The summed E-state index contributed by atoms with van der Waals surface area (Å²) in [4.78, 5) is 18.7. The number of hydrogen-bond acceptors (Lipinski definition) is 5. The van der Waals surface area contributed by atoms with E-state index in [0.29, 0.717) is 23.4 Å². The minimum Gasteiger partial charge on any atom is -0.493 e. The number of hydrogen-bond donors (Lipinski definition) is 0. The number of aryl methyl sites for hydroxylation is 3. The Bertz CT molecular complexity index is 1300. The molecule has 4 aromatic rings. The first-order valence-electron chi connectivity index (χ1n) is 9.68. The minimum absolute atomic E-state index is 0.0383. The second kappa shape index (κ2) is 7.95. The van der Waals surface area contributed by atoms with E-state index in [4.69, 9.17) is 9.47 Å². The Morgan fingerprint density at radius 2 is 1.70 bits per heavy atom. The smallest absolute Gasteiger partial charge is 0.263 e. The molecule has 0 amide bonds. The summed E-state index contributed by atoms with van der Waals surface area (Å²) in [6, 6.07) is 10.1. The van der Waals surface area contributed by atoms with Gasteiger partial charge >= 0.3 is 0 Å². The Kier molecular flexibility index (Phi) is 5.35. The Balaban J connectivity index is 1.81. The standard InChI is InChI=1S/C24H24N2O3S/c1-14-6-7-17(8-15(14)2)19-12-30-23-22(19)24(27)26(13-25-23)11-18-10-21(29-5)20(28-4)9-16(18)3/h6-10,12-13H,11H2,1-5H3. The summed E-state index contributed by atoms with van der Waals surface area (Å²) in [5.41, 5.74) is 6.40. The van der Waals surface area contributed by atoms with Crippen molar-refractivity contribution in [3.63, 3.8) is 0 Å². The zero-order chi connectivity index (χ0) is 21.4. The minimum atomic E-state index is -0.0383. The fraction of sp³-hybridized carbons (Fsp3) is 0.250. The fourth-order valence-electron chi connectivity index (χ4n) is 3.58. The molecule has 154 valence electrons. The summed E-state index contributed by atoms with van der Waals surface area (Å²) in [6.45, 7) is 6.59. The lowest BCUT2D eigenvalue weighted by Crippen LogP contribution is -2.21. The highest BCUT2D eigenvalue weighted by molar-refractivity contribution is 7.17. The van der Waals surface area contributed by atoms with Crippen molar-refractivity contribution in [2.75, 3.05) is 14.2 Å². The molecule has 0 spiro atoms. The Morgan fingerprint density at radius 1 is 0.967 bits per heavy atom. The molecule has 2 heterocycles. The molecule has 0 unspecified atom stereocenters. The number of aromatic nitrogens is 2. The number of ether oxygens (including phenoxy) is 2. The first kappa shape index (κ1) is 20.2. The van der Waals surface area contributed by atoms with Gasteiger partial charge in [0.1, 0.15) is 4.83 Å². The first-order chi connectivity index (χ1) is 14.4. The van der Waals surface area contributed by atoms with E-state index in [1.165, 1.54) is 22.5 Å². The van der Waals surface area contributed by atoms with Crippen molar-refractivity contribution in [1.29, 1.82) is 0 Å². The van der Waals surface area contributed by atoms with Crippen LogP contribution in [0.25, 0.3) is 21.3 Å². The molecule has 0 saturated heterocycles. The zero-order valence-corrected chi connectivity index (χ0v) is 18.6. The van der Waals surface area contributed by atoms with Gasteiger partial charge in [-0.1, -0.05) is 18.2 Å². The lowest BCUT2D eigenvalue weighted by molar-refractivity contribution is 0.354. The average molecular weight is 421 g/mol. The molecule has 0 aliphatic heterocycles. The third-order valence-corrected chi connectivity index (χ3v) is 6.45. The third kappa shape index (κ3) is 3.48. The molecule has 2 aromatic carbocycles. The number of rotatable bonds is 5. The van der Waals surface area contributed by atoms with Crippen molar-refractivity contribution in [2.24, 2.45) is 0 Å². The van der Waals surface area contributed by atoms with E-state index >= 15 is 0 Å². The van der Waals surface area contributed by atoms with Gasteiger partial charge in [0.25, 0.3) is 5.56 Å². The predicted molar refractivity (Wildman–Crippen MR) is 122 cm³/mol. The van der Waals surface area contributed by atoms with Crippen LogP contribution in [-0.2, 0) is 6.54 Å². The van der Waals surface area contributed by atoms with Crippen LogP contribution in [0.4, 0.5) is 0 Å². The van der Waals surface area contributed by atoms with Gasteiger partial charge in [-0.05, 0) is 60.7 Å². The molecular formula is C24H24N2O3S. The topological polar surface area (TPSA) is 53.4 Å². The summed E-state index contributed by atoms with van der Waals surface area (Å²) in [7, 11) is 3.22. The van der Waals surface area contributed by atoms with E-state index in [2.05, 4.69) is 37.0 Å². The van der Waals surface area contributed by atoms with Crippen LogP contribution in [0.1, 0.15) is 22.3 Å². The summed E-state index contributed by atoms with van der Waals surface area (Å²) in [5, 5.41) is 2.69. The number of nitrogens with zero attached hydrogens (tertiary/aromatic N) is 2. The van der Waals surface area contributed by atoms with E-state index in [0.717, 1.165) is 27.1 Å². The molecule has 6 heteroatoms. The van der Waals surface area contributed by atoms with Gasteiger partial charge in [-0.15, -0.1) is 11.3 Å². The molecule has 0 radical (unpaired) electrons. The van der Waals surface area contributed by atoms with Crippen molar-refractivity contribution < 1.29 is 9.47 Å². The van der Waals surface area contributed by atoms with E-state index in [9.17, 15) is 4.79 Å². The van der Waals surface area contributed by atoms with Gasteiger partial charge in [0.15, 0.2) is 11.5 Å². The van der Waals surface area contributed by atoms with E-state index < -0.39 is 0 Å². The molecule has 0 saturated carbocycles. The fourth-order valence-corrected chi connectivity index (χ4v) is 4.48. The number of methoxy groups -OCH3 is 2. The van der Waals surface area contributed by atoms with Gasteiger partial charge in [-0.25, -0.2) is 4.98 Å². The second-order valence-corrected chi connectivity index (χ2v) is 8.30. The van der Waals surface area contributed by atoms with Crippen LogP contribution < -0.4 is 15.0 Å². The van der Waals surface area contributed by atoms with Gasteiger partial charge in [0.05, 0.1) is 32.5 Å². The second-order valence-electron chi connectivity index (χ2n) is 7.44. The molecule has 0 fully saturated rings. The van der Waals surface area contributed by atoms with Crippen molar-refractivity contribution in [1.82, 2.24) is 9.55 Å². The number of thiophene rings is 1. The van der Waals surface area contributed by atoms with Crippen LogP contribution in [0.15, 0.2) is 46.8 Å². The Morgan fingerprint density at radius 3 is 2.40 bits per heavy atom. The molecule has 5 nitrogen and oxygen atoms in total. The molecule has 0 aliphatic carbocycles. The molecule has 0 atom stereocenters. The summed E-state index contributed by atoms with van der Waals surface area (Å²) in [6.07, 6.45) is 1.63. The lowest BCUT2D eigenvalue weighted by Gasteiger charge is -2.14. The molecule has 0 bridgehead atoms. The van der Waals surface area contributed by atoms with Crippen LogP contribution in [-0.4, -0.2) is 23.8 Å². The predicted octanol–water partition coefficient (Wildman–Crippen LogP) is 5.12. The maximum absolute atomic E-state index is 13.4. The highest BCUT2D eigenvalue weighted by Crippen LogP contribution is 2.33. The van der Waals surface area contributed by atoms with Crippen LogP contribution in [0.5, 0.6) is 11.5 Å². The molecule has 4 rings (SSSR count). The maximum atomic E-state index is 13.4. The summed E-state index contributed by atoms with van der Waals surface area (Å²) >= 11 is 1.50. The lowest BCUT2D eigenvalue weighted by atomic mass is 10.0. The van der Waals surface area contributed by atoms with E-state index in [1.807, 2.05) is 24.4 Å². The van der Waals surface area contributed by atoms with Gasteiger partial charge in [-0.2, -0.15) is 0 Å². The number of fused-ring (bicyclic) bond motifs is 1. The van der Waals surface area contributed by atoms with Crippen LogP contribution in [0, 0.1) is 20.8 Å². The van der Waals surface area contributed by atoms with Gasteiger partial charge in [0.2, 0.25) is 0 Å². The first-order valence-corrected chi connectivity index (χ1v) is 10.6. The SMILES string of the molecule is COc1cc(C)c(Cn2cnc3scc(-c4ccc(C)c(C)c4)c3c2=O)cc1OC. The zero-order valence-electron chi connectivity index (χ0n) is 17.8. The molecular weight excluding hydrogens is 396 g/mol. The average Bonchev–Trinajstić information content (AvgIpc) is 3.18.